The van der Waals surface area contributed by atoms with E-state index in [1.54, 1.807) is 6.07 Å². The molecule has 0 bridgehead atoms. The first-order valence-corrected chi connectivity index (χ1v) is 7.04. The molecule has 0 saturated carbocycles. The molecule has 2 N–H and O–H groups in total. The van der Waals surface area contributed by atoms with Crippen LogP contribution in [0.5, 0.6) is 0 Å². The summed E-state index contributed by atoms with van der Waals surface area (Å²) in [4.78, 5) is 0. The van der Waals surface area contributed by atoms with Gasteiger partial charge in [-0.25, -0.2) is 4.39 Å². The van der Waals surface area contributed by atoms with Crippen LogP contribution in [0.4, 0.5) is 4.39 Å². The molecule has 3 heteroatoms. The fraction of sp³-hybridized carbons (Fsp3) is 0.250. The predicted molar refractivity (Wildman–Crippen MR) is 80.6 cm³/mol. The molecule has 0 radical (unpaired) electrons. The van der Waals surface area contributed by atoms with E-state index in [1.807, 2.05) is 38.1 Å². The maximum atomic E-state index is 13.8. The molecule has 0 fully saturated rings. The highest BCUT2D eigenvalue weighted by Gasteiger charge is 2.14. The van der Waals surface area contributed by atoms with Gasteiger partial charge in [-0.15, -0.1) is 0 Å². The van der Waals surface area contributed by atoms with Crippen LogP contribution >= 0.6 is 15.9 Å². The van der Waals surface area contributed by atoms with Crippen LogP contribution < -0.4 is 5.73 Å². The summed E-state index contributed by atoms with van der Waals surface area (Å²) in [6.45, 7) is 4.08. The Hall–Kier alpha value is -1.19. The number of benzene rings is 2. The predicted octanol–water partition coefficient (Wildman–Crippen LogP) is 4.45. The standard InChI is InChI=1S/C16H17BrFN/c1-10-4-3-5-11(2)16(10)15(19)8-12-6-7-13(17)9-14(12)18/h3-7,9,15H,8,19H2,1-2H3. The molecular weight excluding hydrogens is 305 g/mol. The van der Waals surface area contributed by atoms with Crippen molar-refractivity contribution in [2.45, 2.75) is 26.3 Å². The van der Waals surface area contributed by atoms with Crippen molar-refractivity contribution in [2.75, 3.05) is 0 Å². The second-order valence-corrected chi connectivity index (χ2v) is 5.77. The summed E-state index contributed by atoms with van der Waals surface area (Å²) < 4.78 is 14.6. The van der Waals surface area contributed by atoms with Crippen molar-refractivity contribution in [3.63, 3.8) is 0 Å². The van der Waals surface area contributed by atoms with Crippen molar-refractivity contribution in [3.05, 3.63) is 68.9 Å². The Labute approximate surface area is 121 Å². The average molecular weight is 322 g/mol. The molecular formula is C16H17BrFN. The molecule has 2 rings (SSSR count). The van der Waals surface area contributed by atoms with Crippen molar-refractivity contribution in [2.24, 2.45) is 5.73 Å². The van der Waals surface area contributed by atoms with Crippen LogP contribution in [0, 0.1) is 19.7 Å². The van der Waals surface area contributed by atoms with Crippen molar-refractivity contribution in [1.29, 1.82) is 0 Å². The van der Waals surface area contributed by atoms with Crippen LogP contribution in [0.2, 0.25) is 0 Å². The highest BCUT2D eigenvalue weighted by molar-refractivity contribution is 9.10. The molecule has 0 saturated heterocycles. The zero-order valence-corrected chi connectivity index (χ0v) is 12.7. The first kappa shape index (κ1) is 14.2. The minimum Gasteiger partial charge on any atom is -0.324 e. The Balaban J connectivity index is 2.28. The molecule has 100 valence electrons. The third-order valence-electron chi connectivity index (χ3n) is 3.37. The smallest absolute Gasteiger partial charge is 0.127 e. The van der Waals surface area contributed by atoms with Crippen LogP contribution in [0.15, 0.2) is 40.9 Å². The number of aryl methyl sites for hydroxylation is 2. The Bertz CT molecular complexity index is 575. The molecule has 0 amide bonds. The zero-order chi connectivity index (χ0) is 14.0. The number of rotatable bonds is 3. The molecule has 19 heavy (non-hydrogen) atoms. The van der Waals surface area contributed by atoms with E-state index < -0.39 is 0 Å². The van der Waals surface area contributed by atoms with Gasteiger partial charge in [0.1, 0.15) is 5.82 Å². The third kappa shape index (κ3) is 3.23. The molecule has 0 heterocycles. The summed E-state index contributed by atoms with van der Waals surface area (Å²) >= 11 is 3.26. The molecule has 0 aliphatic heterocycles. The van der Waals surface area contributed by atoms with E-state index in [-0.39, 0.29) is 11.9 Å². The first-order chi connectivity index (χ1) is 8.99. The molecule has 1 atom stereocenters. The van der Waals surface area contributed by atoms with Gasteiger partial charge in [-0.1, -0.05) is 40.2 Å². The minimum atomic E-state index is -0.212. The second-order valence-electron chi connectivity index (χ2n) is 4.85. The van der Waals surface area contributed by atoms with Gasteiger partial charge in [-0.2, -0.15) is 0 Å². The molecule has 0 aliphatic rings. The van der Waals surface area contributed by atoms with Crippen LogP contribution in [-0.4, -0.2) is 0 Å². The summed E-state index contributed by atoms with van der Waals surface area (Å²) in [5.74, 6) is -0.212. The largest absolute Gasteiger partial charge is 0.324 e. The highest BCUT2D eigenvalue weighted by Crippen LogP contribution is 2.25. The topological polar surface area (TPSA) is 26.0 Å². The number of hydrogen-bond donors (Lipinski definition) is 1. The Morgan fingerprint density at radius 2 is 1.79 bits per heavy atom. The second kappa shape index (κ2) is 5.85. The van der Waals surface area contributed by atoms with Gasteiger partial charge >= 0.3 is 0 Å². The normalized spacial score (nSPS) is 12.5. The van der Waals surface area contributed by atoms with Crippen molar-refractivity contribution in [1.82, 2.24) is 0 Å². The third-order valence-corrected chi connectivity index (χ3v) is 3.86. The van der Waals surface area contributed by atoms with E-state index in [0.29, 0.717) is 12.0 Å². The monoisotopic (exact) mass is 321 g/mol. The maximum Gasteiger partial charge on any atom is 0.127 e. The Kier molecular flexibility index (Phi) is 4.38. The van der Waals surface area contributed by atoms with Gasteiger partial charge in [-0.3, -0.25) is 0 Å². The maximum absolute atomic E-state index is 13.8. The summed E-state index contributed by atoms with van der Waals surface area (Å²) in [5, 5.41) is 0. The molecule has 1 nitrogen and oxygen atoms in total. The van der Waals surface area contributed by atoms with Gasteiger partial charge in [0.05, 0.1) is 0 Å². The first-order valence-electron chi connectivity index (χ1n) is 6.24. The van der Waals surface area contributed by atoms with E-state index in [0.717, 1.165) is 21.2 Å². The van der Waals surface area contributed by atoms with Crippen molar-refractivity contribution < 1.29 is 4.39 Å². The summed E-state index contributed by atoms with van der Waals surface area (Å²) in [6.07, 6.45) is 0.505. The molecule has 2 aromatic rings. The van der Waals surface area contributed by atoms with Gasteiger partial charge in [0.15, 0.2) is 0 Å². The van der Waals surface area contributed by atoms with Gasteiger partial charge in [0.2, 0.25) is 0 Å². The lowest BCUT2D eigenvalue weighted by Crippen LogP contribution is -2.16. The van der Waals surface area contributed by atoms with Crippen molar-refractivity contribution >= 4 is 15.9 Å². The van der Waals surface area contributed by atoms with Gasteiger partial charge < -0.3 is 5.73 Å². The van der Waals surface area contributed by atoms with Crippen LogP contribution in [-0.2, 0) is 6.42 Å². The molecule has 2 aromatic carbocycles. The lowest BCUT2D eigenvalue weighted by atomic mass is 9.92. The lowest BCUT2D eigenvalue weighted by Gasteiger charge is -2.18. The fourth-order valence-electron chi connectivity index (χ4n) is 2.44. The SMILES string of the molecule is Cc1cccc(C)c1C(N)Cc1ccc(Br)cc1F. The quantitative estimate of drug-likeness (QED) is 0.888. The number of nitrogens with two attached hydrogens (primary N) is 1. The van der Waals surface area contributed by atoms with Gasteiger partial charge in [0, 0.05) is 10.5 Å². The van der Waals surface area contributed by atoms with E-state index >= 15 is 0 Å². The van der Waals surface area contributed by atoms with E-state index in [1.165, 1.54) is 6.07 Å². The van der Waals surface area contributed by atoms with E-state index in [9.17, 15) is 4.39 Å². The molecule has 0 aromatic heterocycles. The van der Waals surface area contributed by atoms with E-state index in [2.05, 4.69) is 15.9 Å². The zero-order valence-electron chi connectivity index (χ0n) is 11.1. The fourth-order valence-corrected chi connectivity index (χ4v) is 2.77. The molecule has 1 unspecified atom stereocenters. The van der Waals surface area contributed by atoms with Crippen LogP contribution in [0.1, 0.15) is 28.3 Å². The lowest BCUT2D eigenvalue weighted by molar-refractivity contribution is 0.591. The average Bonchev–Trinajstić information content (AvgIpc) is 2.32. The number of halogens is 2. The van der Waals surface area contributed by atoms with E-state index in [4.69, 9.17) is 5.73 Å². The number of hydrogen-bond acceptors (Lipinski definition) is 1. The summed E-state index contributed by atoms with van der Waals surface area (Å²) in [6, 6.07) is 11.0. The molecule has 0 spiro atoms. The van der Waals surface area contributed by atoms with Crippen LogP contribution in [0.25, 0.3) is 0 Å². The van der Waals surface area contributed by atoms with Crippen molar-refractivity contribution in [3.8, 4) is 0 Å². The van der Waals surface area contributed by atoms with Gasteiger partial charge in [0.25, 0.3) is 0 Å². The Morgan fingerprint density at radius 1 is 1.16 bits per heavy atom. The van der Waals surface area contributed by atoms with Crippen LogP contribution in [0.3, 0.4) is 0 Å². The highest BCUT2D eigenvalue weighted by atomic mass is 79.9. The summed E-state index contributed by atoms with van der Waals surface area (Å²) in [5.41, 5.74) is 10.3. The van der Waals surface area contributed by atoms with Gasteiger partial charge in [-0.05, 0) is 54.7 Å². The Morgan fingerprint density at radius 3 is 2.37 bits per heavy atom. The minimum absolute atomic E-state index is 0.183. The summed E-state index contributed by atoms with van der Waals surface area (Å²) in [7, 11) is 0. The molecule has 0 aliphatic carbocycles.